The van der Waals surface area contributed by atoms with Crippen LogP contribution in [0.2, 0.25) is 0 Å². The van der Waals surface area contributed by atoms with Crippen LogP contribution in [-0.2, 0) is 4.74 Å². The summed E-state index contributed by atoms with van der Waals surface area (Å²) in [6, 6.07) is 9.57. The zero-order valence-electron chi connectivity index (χ0n) is 16.1. The van der Waals surface area contributed by atoms with Gasteiger partial charge in [-0.1, -0.05) is 6.92 Å². The number of nitriles is 1. The summed E-state index contributed by atoms with van der Waals surface area (Å²) in [4.78, 5) is 4.50. The van der Waals surface area contributed by atoms with Crippen molar-refractivity contribution in [1.29, 1.82) is 5.26 Å². The molecule has 7 nitrogen and oxygen atoms in total. The minimum atomic E-state index is 0.0856. The average molecular weight is 379 g/mol. The third kappa shape index (κ3) is 3.12. The number of rotatable bonds is 6. The summed E-state index contributed by atoms with van der Waals surface area (Å²) in [5.74, 6) is 1.69. The number of pyridine rings is 1. The molecule has 0 radical (unpaired) electrons. The highest BCUT2D eigenvalue weighted by Crippen LogP contribution is 2.35. The maximum atomic E-state index is 9.37. The molecule has 0 aliphatic carbocycles. The zero-order valence-corrected chi connectivity index (χ0v) is 16.1. The molecule has 1 aromatic carbocycles. The average Bonchev–Trinajstić information content (AvgIpc) is 3.12. The molecule has 1 aliphatic heterocycles. The Morgan fingerprint density at radius 3 is 2.50 bits per heavy atom. The second kappa shape index (κ2) is 7.06. The molecule has 2 aromatic heterocycles. The largest absolute Gasteiger partial charge is 0.495 e. The lowest BCUT2D eigenvalue weighted by atomic mass is 9.90. The number of imidazole rings is 1. The fourth-order valence-electron chi connectivity index (χ4n) is 3.23. The fraction of sp³-hybridized carbons (Fsp3) is 0.333. The van der Waals surface area contributed by atoms with E-state index in [-0.39, 0.29) is 5.41 Å². The molecule has 0 bridgehead atoms. The van der Waals surface area contributed by atoms with Crippen LogP contribution in [0.5, 0.6) is 17.2 Å². The Hall–Kier alpha value is -3.24. The Labute approximate surface area is 163 Å². The van der Waals surface area contributed by atoms with Crippen LogP contribution in [0.1, 0.15) is 12.5 Å². The quantitative estimate of drug-likeness (QED) is 0.654. The topological polar surface area (TPSA) is 78.0 Å². The van der Waals surface area contributed by atoms with Gasteiger partial charge in [-0.25, -0.2) is 4.98 Å². The van der Waals surface area contributed by atoms with Crippen molar-refractivity contribution in [2.45, 2.75) is 6.92 Å². The van der Waals surface area contributed by atoms with Crippen molar-refractivity contribution in [3.05, 3.63) is 42.2 Å². The molecular formula is C21H21N3O4. The SMILES string of the molecule is COc1cc(-c2cnc3cc(OCC4(C)COC4)ccn23)cc(OC)c1C#N. The van der Waals surface area contributed by atoms with Crippen LogP contribution in [0.25, 0.3) is 16.9 Å². The summed E-state index contributed by atoms with van der Waals surface area (Å²) in [5, 5.41) is 9.37. The maximum absolute atomic E-state index is 9.37. The number of hydrogen-bond donors (Lipinski definition) is 0. The molecule has 7 heteroatoms. The lowest BCUT2D eigenvalue weighted by Crippen LogP contribution is -2.44. The van der Waals surface area contributed by atoms with Gasteiger partial charge >= 0.3 is 0 Å². The molecule has 1 saturated heterocycles. The fourth-order valence-corrected chi connectivity index (χ4v) is 3.23. The van der Waals surface area contributed by atoms with Gasteiger partial charge in [-0.2, -0.15) is 5.26 Å². The molecule has 0 saturated carbocycles. The first-order valence-electron chi connectivity index (χ1n) is 8.91. The van der Waals surface area contributed by atoms with Gasteiger partial charge < -0.3 is 18.9 Å². The molecule has 1 aliphatic rings. The number of benzene rings is 1. The Morgan fingerprint density at radius 2 is 1.93 bits per heavy atom. The summed E-state index contributed by atoms with van der Waals surface area (Å²) in [7, 11) is 3.07. The van der Waals surface area contributed by atoms with E-state index in [2.05, 4.69) is 18.0 Å². The normalized spacial score (nSPS) is 14.9. The van der Waals surface area contributed by atoms with Crippen LogP contribution in [0.4, 0.5) is 0 Å². The van der Waals surface area contributed by atoms with Gasteiger partial charge in [0.1, 0.15) is 34.5 Å². The molecule has 144 valence electrons. The van der Waals surface area contributed by atoms with Crippen molar-refractivity contribution in [3.63, 3.8) is 0 Å². The second-order valence-electron chi connectivity index (χ2n) is 7.19. The predicted octanol–water partition coefficient (Wildman–Crippen LogP) is 3.31. The van der Waals surface area contributed by atoms with Gasteiger partial charge in [-0.3, -0.25) is 4.40 Å². The summed E-state index contributed by atoms with van der Waals surface area (Å²) < 4.78 is 23.9. The Kier molecular flexibility index (Phi) is 4.57. The van der Waals surface area contributed by atoms with Gasteiger partial charge in [0.05, 0.1) is 45.9 Å². The van der Waals surface area contributed by atoms with Crippen LogP contribution in [0.15, 0.2) is 36.7 Å². The van der Waals surface area contributed by atoms with E-state index < -0.39 is 0 Å². The number of fused-ring (bicyclic) bond motifs is 1. The first kappa shape index (κ1) is 18.1. The molecule has 0 unspecified atom stereocenters. The molecule has 0 amide bonds. The van der Waals surface area contributed by atoms with Gasteiger partial charge in [0, 0.05) is 23.2 Å². The van der Waals surface area contributed by atoms with E-state index in [1.54, 1.807) is 6.20 Å². The zero-order chi connectivity index (χ0) is 19.7. The first-order chi connectivity index (χ1) is 13.6. The minimum absolute atomic E-state index is 0.0856. The van der Waals surface area contributed by atoms with Crippen LogP contribution in [-0.4, -0.2) is 43.4 Å². The summed E-state index contributed by atoms with van der Waals surface area (Å²) in [5.41, 5.74) is 2.92. The summed E-state index contributed by atoms with van der Waals surface area (Å²) in [6.07, 6.45) is 3.70. The predicted molar refractivity (Wildman–Crippen MR) is 103 cm³/mol. The highest BCUT2D eigenvalue weighted by atomic mass is 16.5. The van der Waals surface area contributed by atoms with Crippen LogP contribution < -0.4 is 14.2 Å². The van der Waals surface area contributed by atoms with E-state index >= 15 is 0 Å². The van der Waals surface area contributed by atoms with Crippen molar-refractivity contribution >= 4 is 5.65 Å². The molecular weight excluding hydrogens is 358 g/mol. The van der Waals surface area contributed by atoms with E-state index in [0.29, 0.717) is 23.7 Å². The van der Waals surface area contributed by atoms with Crippen molar-refractivity contribution in [2.24, 2.45) is 5.41 Å². The van der Waals surface area contributed by atoms with E-state index in [1.807, 2.05) is 34.9 Å². The monoisotopic (exact) mass is 379 g/mol. The van der Waals surface area contributed by atoms with Crippen molar-refractivity contribution < 1.29 is 18.9 Å². The van der Waals surface area contributed by atoms with E-state index in [9.17, 15) is 5.26 Å². The molecule has 0 atom stereocenters. The van der Waals surface area contributed by atoms with Crippen molar-refractivity contribution in [1.82, 2.24) is 9.38 Å². The number of aromatic nitrogens is 2. The standard InChI is InChI=1S/C21H21N3O4/c1-21(11-27-12-21)13-28-15-4-5-24-17(10-23-20(24)8-15)14-6-18(25-2)16(9-22)19(7-14)26-3/h4-8,10H,11-13H2,1-3H3. The molecule has 1 fully saturated rings. The number of ether oxygens (including phenoxy) is 4. The Bertz CT molecular complexity index is 1040. The number of nitrogens with zero attached hydrogens (tertiary/aromatic N) is 3. The van der Waals surface area contributed by atoms with Crippen molar-refractivity contribution in [3.8, 4) is 34.6 Å². The Balaban J connectivity index is 1.67. The van der Waals surface area contributed by atoms with Gasteiger partial charge in [0.25, 0.3) is 0 Å². The lowest BCUT2D eigenvalue weighted by molar-refractivity contribution is -0.120. The third-order valence-electron chi connectivity index (χ3n) is 4.89. The molecule has 0 N–H and O–H groups in total. The van der Waals surface area contributed by atoms with Gasteiger partial charge in [0.2, 0.25) is 0 Å². The summed E-state index contributed by atoms with van der Waals surface area (Å²) >= 11 is 0. The van der Waals surface area contributed by atoms with Crippen LogP contribution >= 0.6 is 0 Å². The highest BCUT2D eigenvalue weighted by Gasteiger charge is 2.34. The van der Waals surface area contributed by atoms with E-state index in [0.717, 1.165) is 35.9 Å². The van der Waals surface area contributed by atoms with Gasteiger partial charge in [0.15, 0.2) is 0 Å². The van der Waals surface area contributed by atoms with Crippen molar-refractivity contribution in [2.75, 3.05) is 34.0 Å². The summed E-state index contributed by atoms with van der Waals surface area (Å²) in [6.45, 7) is 4.21. The second-order valence-corrected chi connectivity index (χ2v) is 7.19. The van der Waals surface area contributed by atoms with Gasteiger partial charge in [-0.15, -0.1) is 0 Å². The molecule has 3 heterocycles. The van der Waals surface area contributed by atoms with E-state index in [4.69, 9.17) is 18.9 Å². The number of methoxy groups -OCH3 is 2. The van der Waals surface area contributed by atoms with E-state index in [1.165, 1.54) is 14.2 Å². The highest BCUT2D eigenvalue weighted by molar-refractivity contribution is 5.71. The Morgan fingerprint density at radius 1 is 1.21 bits per heavy atom. The molecule has 3 aromatic rings. The smallest absolute Gasteiger partial charge is 0.141 e. The molecule has 0 spiro atoms. The van der Waals surface area contributed by atoms with Crippen LogP contribution in [0, 0.1) is 16.7 Å². The minimum Gasteiger partial charge on any atom is -0.495 e. The molecule has 4 rings (SSSR count). The first-order valence-corrected chi connectivity index (χ1v) is 8.91. The van der Waals surface area contributed by atoms with Gasteiger partial charge in [-0.05, 0) is 18.2 Å². The number of hydrogen-bond acceptors (Lipinski definition) is 6. The maximum Gasteiger partial charge on any atom is 0.141 e. The lowest BCUT2D eigenvalue weighted by Gasteiger charge is -2.37. The molecule has 28 heavy (non-hydrogen) atoms. The van der Waals surface area contributed by atoms with Crippen LogP contribution in [0.3, 0.4) is 0 Å². The third-order valence-corrected chi connectivity index (χ3v) is 4.89.